The van der Waals surface area contributed by atoms with Gasteiger partial charge in [-0.3, -0.25) is 18.6 Å². The zero-order valence-electron chi connectivity index (χ0n) is 32.6. The Balaban J connectivity index is 2.43. The molecule has 0 aliphatic heterocycles. The number of allylic oxidation sites excluding steroid dienone is 2. The number of hydrogen-bond donors (Lipinski definition) is 6. The molecule has 0 amide bonds. The maximum Gasteiger partial charge on any atom is 0.472 e. The summed E-state index contributed by atoms with van der Waals surface area (Å²) in [5, 5.41) is 49.9. The lowest BCUT2D eigenvalue weighted by atomic mass is 9.85. The molecule has 6 N–H and O–H groups in total. The molecule has 0 aromatic rings. The third-order valence-corrected chi connectivity index (χ3v) is 10.6. The smallest absolute Gasteiger partial charge is 0.462 e. The van der Waals surface area contributed by atoms with Gasteiger partial charge in [-0.05, 0) is 38.5 Å². The van der Waals surface area contributed by atoms with Gasteiger partial charge in [-0.15, -0.1) is 0 Å². The molecule has 0 bridgehead atoms. The molecule has 14 heteroatoms. The highest BCUT2D eigenvalue weighted by Gasteiger charge is 2.51. The number of carbonyl (C=O) groups is 2. The van der Waals surface area contributed by atoms with Crippen molar-refractivity contribution in [3.05, 3.63) is 12.2 Å². The van der Waals surface area contributed by atoms with E-state index < -0.39 is 75.7 Å². The van der Waals surface area contributed by atoms with E-state index in [9.17, 15) is 44.6 Å². The third kappa shape index (κ3) is 24.0. The Morgan fingerprint density at radius 2 is 0.962 bits per heavy atom. The molecular weight excluding hydrogens is 707 g/mol. The first-order valence-corrected chi connectivity index (χ1v) is 22.0. The average molecular weight is 781 g/mol. The highest BCUT2D eigenvalue weighted by molar-refractivity contribution is 7.47. The Bertz CT molecular complexity index is 996. The summed E-state index contributed by atoms with van der Waals surface area (Å²) in [6.45, 7) is 3.19. The van der Waals surface area contributed by atoms with E-state index in [1.807, 2.05) is 0 Å². The van der Waals surface area contributed by atoms with Crippen LogP contribution in [0.5, 0.6) is 0 Å². The van der Waals surface area contributed by atoms with Gasteiger partial charge in [0.25, 0.3) is 0 Å². The van der Waals surface area contributed by atoms with Crippen molar-refractivity contribution < 1.29 is 63.1 Å². The maximum atomic E-state index is 12.7. The third-order valence-electron chi connectivity index (χ3n) is 9.61. The lowest BCUT2D eigenvalue weighted by Gasteiger charge is -2.41. The van der Waals surface area contributed by atoms with Crippen LogP contribution in [0, 0.1) is 0 Å². The molecule has 0 heterocycles. The molecule has 1 aliphatic rings. The van der Waals surface area contributed by atoms with E-state index >= 15 is 0 Å². The van der Waals surface area contributed by atoms with E-state index in [4.69, 9.17) is 18.5 Å². The molecule has 0 radical (unpaired) electrons. The van der Waals surface area contributed by atoms with Gasteiger partial charge in [-0.1, -0.05) is 129 Å². The van der Waals surface area contributed by atoms with Crippen molar-refractivity contribution in [3.8, 4) is 0 Å². The molecule has 53 heavy (non-hydrogen) atoms. The molecule has 6 unspecified atom stereocenters. The van der Waals surface area contributed by atoms with Gasteiger partial charge in [0.1, 0.15) is 43.2 Å². The van der Waals surface area contributed by atoms with E-state index in [0.29, 0.717) is 12.8 Å². The van der Waals surface area contributed by atoms with Crippen LogP contribution < -0.4 is 0 Å². The van der Waals surface area contributed by atoms with Gasteiger partial charge in [-0.2, -0.15) is 0 Å². The molecule has 13 nitrogen and oxygen atoms in total. The average Bonchev–Trinajstić information content (AvgIpc) is 3.13. The quantitative estimate of drug-likeness (QED) is 0.0177. The molecule has 0 aromatic carbocycles. The predicted molar refractivity (Wildman–Crippen MR) is 203 cm³/mol. The normalized spacial score (nSPS) is 23.5. The SMILES string of the molecule is CCCCCCCCC/C=C\CCCCCCCCCC(=O)OC(COC(=O)CCCCCCCC)COP(=O)(O)OC1C(O)C(O)C(O)C(O)C1O. The number of phosphoric acid groups is 1. The van der Waals surface area contributed by atoms with Crippen LogP contribution in [0.1, 0.15) is 168 Å². The number of aliphatic hydroxyl groups excluding tert-OH is 5. The molecule has 312 valence electrons. The van der Waals surface area contributed by atoms with Gasteiger partial charge >= 0.3 is 19.8 Å². The zero-order chi connectivity index (χ0) is 39.3. The number of aliphatic hydroxyl groups is 5. The van der Waals surface area contributed by atoms with Crippen LogP contribution in [0.15, 0.2) is 12.2 Å². The van der Waals surface area contributed by atoms with Crippen LogP contribution in [-0.4, -0.2) is 98.3 Å². The number of unbranched alkanes of at least 4 members (excludes halogenated alkanes) is 19. The summed E-state index contributed by atoms with van der Waals surface area (Å²) < 4.78 is 33.2. The van der Waals surface area contributed by atoms with Gasteiger partial charge in [-0.25, -0.2) is 4.57 Å². The summed E-state index contributed by atoms with van der Waals surface area (Å²) in [5.41, 5.74) is 0. The fourth-order valence-electron chi connectivity index (χ4n) is 6.22. The van der Waals surface area contributed by atoms with Crippen LogP contribution >= 0.6 is 7.82 Å². The van der Waals surface area contributed by atoms with Crippen molar-refractivity contribution in [2.75, 3.05) is 13.2 Å². The highest BCUT2D eigenvalue weighted by atomic mass is 31.2. The summed E-state index contributed by atoms with van der Waals surface area (Å²) in [6.07, 6.45) is 16.1. The van der Waals surface area contributed by atoms with Crippen LogP contribution in [0.25, 0.3) is 0 Å². The first-order valence-electron chi connectivity index (χ1n) is 20.5. The number of esters is 2. The minimum Gasteiger partial charge on any atom is -0.462 e. The Hall–Kier alpha value is -1.41. The number of phosphoric ester groups is 1. The second-order valence-corrected chi connectivity index (χ2v) is 15.9. The van der Waals surface area contributed by atoms with Crippen LogP contribution in [0.4, 0.5) is 0 Å². The Morgan fingerprint density at radius 3 is 1.43 bits per heavy atom. The van der Waals surface area contributed by atoms with E-state index in [1.54, 1.807) is 0 Å². The first-order chi connectivity index (χ1) is 25.4. The fraction of sp³-hybridized carbons (Fsp3) is 0.897. The van der Waals surface area contributed by atoms with Crippen molar-refractivity contribution in [2.24, 2.45) is 0 Å². The zero-order valence-corrected chi connectivity index (χ0v) is 33.5. The van der Waals surface area contributed by atoms with Crippen LogP contribution in [-0.2, 0) is 32.7 Å². The summed E-state index contributed by atoms with van der Waals surface area (Å²) in [5.74, 6) is -1.11. The highest BCUT2D eigenvalue weighted by Crippen LogP contribution is 2.47. The molecule has 1 aliphatic carbocycles. The Kier molecular flexibility index (Phi) is 28.8. The van der Waals surface area contributed by atoms with Crippen LogP contribution in [0.2, 0.25) is 0 Å². The van der Waals surface area contributed by atoms with Crippen molar-refractivity contribution in [2.45, 2.75) is 211 Å². The van der Waals surface area contributed by atoms with E-state index in [0.717, 1.165) is 64.2 Å². The molecule has 0 spiro atoms. The largest absolute Gasteiger partial charge is 0.472 e. The molecule has 6 atom stereocenters. The van der Waals surface area contributed by atoms with E-state index in [1.165, 1.54) is 64.2 Å². The summed E-state index contributed by atoms with van der Waals surface area (Å²) in [6, 6.07) is 0. The van der Waals surface area contributed by atoms with Gasteiger partial charge in [0.2, 0.25) is 0 Å². The molecule has 1 rings (SSSR count). The van der Waals surface area contributed by atoms with Crippen LogP contribution in [0.3, 0.4) is 0 Å². The second kappa shape index (κ2) is 30.8. The number of hydrogen-bond acceptors (Lipinski definition) is 12. The van der Waals surface area contributed by atoms with Crippen molar-refractivity contribution >= 4 is 19.8 Å². The van der Waals surface area contributed by atoms with Gasteiger partial charge in [0.05, 0.1) is 6.61 Å². The predicted octanol–water partition coefficient (Wildman–Crippen LogP) is 6.72. The Morgan fingerprint density at radius 1 is 0.566 bits per heavy atom. The molecular formula is C39H73O13P. The summed E-state index contributed by atoms with van der Waals surface area (Å²) >= 11 is 0. The van der Waals surface area contributed by atoms with E-state index in [2.05, 4.69) is 26.0 Å². The summed E-state index contributed by atoms with van der Waals surface area (Å²) in [4.78, 5) is 35.3. The lowest BCUT2D eigenvalue weighted by molar-refractivity contribution is -0.220. The van der Waals surface area contributed by atoms with Gasteiger partial charge in [0, 0.05) is 12.8 Å². The van der Waals surface area contributed by atoms with E-state index in [-0.39, 0.29) is 12.8 Å². The topological polar surface area (TPSA) is 210 Å². The number of rotatable bonds is 33. The fourth-order valence-corrected chi connectivity index (χ4v) is 7.19. The second-order valence-electron chi connectivity index (χ2n) is 14.5. The number of ether oxygens (including phenoxy) is 2. The summed E-state index contributed by atoms with van der Waals surface area (Å²) in [7, 11) is -5.10. The van der Waals surface area contributed by atoms with Crippen molar-refractivity contribution in [1.82, 2.24) is 0 Å². The van der Waals surface area contributed by atoms with Gasteiger partial charge < -0.3 is 39.9 Å². The molecule has 0 aromatic heterocycles. The lowest BCUT2D eigenvalue weighted by Crippen LogP contribution is -2.64. The minimum atomic E-state index is -5.10. The van der Waals surface area contributed by atoms with Crippen molar-refractivity contribution in [1.29, 1.82) is 0 Å². The van der Waals surface area contributed by atoms with Gasteiger partial charge in [0.15, 0.2) is 6.10 Å². The Labute approximate surface area is 318 Å². The van der Waals surface area contributed by atoms with Crippen molar-refractivity contribution in [3.63, 3.8) is 0 Å². The minimum absolute atomic E-state index is 0.0948. The molecule has 0 saturated heterocycles. The molecule has 1 fully saturated rings. The maximum absolute atomic E-state index is 12.7. The standard InChI is InChI=1S/C39H73O13P/c1-3-5-7-9-11-12-13-14-15-16-17-18-19-20-21-22-24-26-28-33(41)51-31(29-49-32(40)27-25-23-10-8-6-4-2)30-50-53(47,48)52-39-37(45)35(43)34(42)36(44)38(39)46/h15-16,31,34-39,42-46H,3-14,17-30H2,1-2H3,(H,47,48)/b16-15-. The molecule has 1 saturated carbocycles. The monoisotopic (exact) mass is 780 g/mol. The number of carbonyl (C=O) groups excluding carboxylic acids is 2. The first kappa shape index (κ1) is 49.6.